The molecule has 0 radical (unpaired) electrons. The molecule has 0 aromatic heterocycles. The Morgan fingerprint density at radius 3 is 2.53 bits per heavy atom. The van der Waals surface area contributed by atoms with Crippen LogP contribution in [0.1, 0.15) is 29.8 Å². The lowest BCUT2D eigenvalue weighted by atomic mass is 9.89. The lowest BCUT2D eigenvalue weighted by molar-refractivity contribution is -0.115. The molecular formula is C14H11BrFNO2. The maximum atomic E-state index is 13.6. The maximum Gasteiger partial charge on any atom is 0.300 e. The van der Waals surface area contributed by atoms with Gasteiger partial charge in [-0.1, -0.05) is 22.0 Å². The fraction of sp³-hybridized carbons (Fsp3) is 0.286. The second kappa shape index (κ2) is 3.76. The van der Waals surface area contributed by atoms with E-state index in [-0.39, 0.29) is 5.56 Å². The summed E-state index contributed by atoms with van der Waals surface area (Å²) >= 11 is 3.37. The molecular weight excluding hydrogens is 313 g/mol. The van der Waals surface area contributed by atoms with Crippen LogP contribution < -0.4 is 4.90 Å². The highest BCUT2D eigenvalue weighted by molar-refractivity contribution is 9.09. The molecule has 0 fully saturated rings. The number of hydrogen-bond donors (Lipinski definition) is 0. The number of nitrogens with zero attached hydrogens (tertiary/aromatic N) is 1. The standard InChI is InChI=1S/C14H11BrFNO2/c1-14(2)5-7(6-15)9-3-8(16)4-10-11(9)17(14)13(19)12(10)18/h3-5H,6H2,1-2H3. The lowest BCUT2D eigenvalue weighted by Crippen LogP contribution is -2.47. The topological polar surface area (TPSA) is 37.4 Å². The van der Waals surface area contributed by atoms with Gasteiger partial charge in [-0.05, 0) is 31.6 Å². The van der Waals surface area contributed by atoms with Crippen LogP contribution in [0.15, 0.2) is 18.2 Å². The molecule has 0 atom stereocenters. The minimum atomic E-state index is -0.631. The van der Waals surface area contributed by atoms with Crippen LogP contribution >= 0.6 is 15.9 Å². The van der Waals surface area contributed by atoms with Crippen LogP contribution in [-0.4, -0.2) is 22.6 Å². The number of halogens is 2. The molecule has 2 heterocycles. The number of carbonyl (C=O) groups excluding carboxylic acids is 2. The first-order valence-corrected chi connectivity index (χ1v) is 6.99. The number of allylic oxidation sites excluding steroid dienone is 1. The minimum absolute atomic E-state index is 0.166. The van der Waals surface area contributed by atoms with E-state index in [1.807, 2.05) is 19.9 Å². The summed E-state index contributed by atoms with van der Waals surface area (Å²) in [6.45, 7) is 3.73. The number of alkyl halides is 1. The van der Waals surface area contributed by atoms with Crippen molar-refractivity contribution in [3.63, 3.8) is 0 Å². The smallest absolute Gasteiger partial charge is 0.295 e. The predicted octanol–water partition coefficient (Wildman–Crippen LogP) is 2.93. The van der Waals surface area contributed by atoms with Crippen molar-refractivity contribution < 1.29 is 14.0 Å². The second-order valence-corrected chi connectivity index (χ2v) is 5.84. The third-order valence-electron chi connectivity index (χ3n) is 3.53. The summed E-state index contributed by atoms with van der Waals surface area (Å²) in [7, 11) is 0. The zero-order valence-electron chi connectivity index (χ0n) is 10.5. The number of anilines is 1. The lowest BCUT2D eigenvalue weighted by Gasteiger charge is -2.38. The Kier molecular flexibility index (Phi) is 2.48. The van der Waals surface area contributed by atoms with Gasteiger partial charge in [-0.2, -0.15) is 0 Å². The number of ketones is 1. The van der Waals surface area contributed by atoms with Crippen molar-refractivity contribution >= 4 is 38.9 Å². The van der Waals surface area contributed by atoms with Gasteiger partial charge in [0.15, 0.2) is 0 Å². The van der Waals surface area contributed by atoms with Gasteiger partial charge in [0.25, 0.3) is 11.7 Å². The SMILES string of the molecule is CC1(C)C=C(CBr)c2cc(F)cc3c2N1C(=O)C3=O. The monoisotopic (exact) mass is 323 g/mol. The molecule has 0 aliphatic carbocycles. The molecule has 1 amide bonds. The van der Waals surface area contributed by atoms with E-state index in [2.05, 4.69) is 15.9 Å². The molecule has 0 bridgehead atoms. The van der Waals surface area contributed by atoms with Crippen molar-refractivity contribution in [3.05, 3.63) is 35.2 Å². The predicted molar refractivity (Wildman–Crippen MR) is 74.1 cm³/mol. The van der Waals surface area contributed by atoms with E-state index in [4.69, 9.17) is 0 Å². The first-order chi connectivity index (χ1) is 8.86. The summed E-state index contributed by atoms with van der Waals surface area (Å²) < 4.78 is 13.6. The van der Waals surface area contributed by atoms with Gasteiger partial charge in [-0.15, -0.1) is 0 Å². The van der Waals surface area contributed by atoms with Gasteiger partial charge >= 0.3 is 0 Å². The average Bonchev–Trinajstić information content (AvgIpc) is 2.59. The van der Waals surface area contributed by atoms with Crippen molar-refractivity contribution in [2.24, 2.45) is 0 Å². The Hall–Kier alpha value is -1.49. The third kappa shape index (κ3) is 1.54. The molecule has 1 aromatic rings. The van der Waals surface area contributed by atoms with E-state index >= 15 is 0 Å². The third-order valence-corrected chi connectivity index (χ3v) is 4.14. The average molecular weight is 324 g/mol. The van der Waals surface area contributed by atoms with Gasteiger partial charge in [0.2, 0.25) is 0 Å². The van der Waals surface area contributed by atoms with E-state index < -0.39 is 23.0 Å². The van der Waals surface area contributed by atoms with Gasteiger partial charge in [0, 0.05) is 10.9 Å². The largest absolute Gasteiger partial charge is 0.300 e. The summed E-state index contributed by atoms with van der Waals surface area (Å²) in [5.74, 6) is -1.71. The summed E-state index contributed by atoms with van der Waals surface area (Å²) in [5.41, 5.74) is 1.62. The Balaban J connectivity index is 2.40. The van der Waals surface area contributed by atoms with E-state index in [0.29, 0.717) is 16.6 Å². The van der Waals surface area contributed by atoms with Crippen molar-refractivity contribution in [1.29, 1.82) is 0 Å². The van der Waals surface area contributed by atoms with Crippen LogP contribution in [0, 0.1) is 5.82 Å². The maximum absolute atomic E-state index is 13.6. The molecule has 98 valence electrons. The van der Waals surface area contributed by atoms with Gasteiger partial charge < -0.3 is 0 Å². The Labute approximate surface area is 118 Å². The van der Waals surface area contributed by atoms with E-state index in [9.17, 15) is 14.0 Å². The van der Waals surface area contributed by atoms with Gasteiger partial charge in [0.1, 0.15) is 5.82 Å². The molecule has 3 nitrogen and oxygen atoms in total. The number of carbonyl (C=O) groups is 2. The van der Waals surface area contributed by atoms with Crippen LogP contribution in [0.4, 0.5) is 10.1 Å². The molecule has 0 spiro atoms. The van der Waals surface area contributed by atoms with Gasteiger partial charge in [0.05, 0.1) is 16.8 Å². The summed E-state index contributed by atoms with van der Waals surface area (Å²) in [5, 5.41) is 0.544. The first-order valence-electron chi connectivity index (χ1n) is 5.87. The second-order valence-electron chi connectivity index (χ2n) is 5.28. The summed E-state index contributed by atoms with van der Waals surface area (Å²) in [4.78, 5) is 25.6. The fourth-order valence-electron chi connectivity index (χ4n) is 2.81. The molecule has 0 saturated heterocycles. The van der Waals surface area contributed by atoms with Crippen molar-refractivity contribution in [1.82, 2.24) is 0 Å². The molecule has 0 N–H and O–H groups in total. The number of amides is 1. The molecule has 3 rings (SSSR count). The van der Waals surface area contributed by atoms with Gasteiger partial charge in [-0.25, -0.2) is 4.39 Å². The van der Waals surface area contributed by atoms with Crippen LogP contribution in [0.2, 0.25) is 0 Å². The summed E-state index contributed by atoms with van der Waals surface area (Å²) in [6, 6.07) is 2.52. The van der Waals surface area contributed by atoms with Gasteiger partial charge in [-0.3, -0.25) is 14.5 Å². The van der Waals surface area contributed by atoms with E-state index in [1.54, 1.807) is 0 Å². The molecule has 0 saturated carbocycles. The molecule has 5 heteroatoms. The molecule has 0 unspecified atom stereocenters. The Morgan fingerprint density at radius 1 is 1.26 bits per heavy atom. The molecule has 1 aromatic carbocycles. The number of benzene rings is 1. The number of hydrogen-bond acceptors (Lipinski definition) is 2. The zero-order valence-corrected chi connectivity index (χ0v) is 12.0. The van der Waals surface area contributed by atoms with Crippen LogP contribution in [0.5, 0.6) is 0 Å². The Bertz CT molecular complexity index is 664. The van der Waals surface area contributed by atoms with E-state index in [0.717, 1.165) is 11.6 Å². The summed E-state index contributed by atoms with van der Waals surface area (Å²) in [6.07, 6.45) is 1.89. The zero-order chi connectivity index (χ0) is 13.9. The fourth-order valence-corrected chi connectivity index (χ4v) is 3.27. The van der Waals surface area contributed by atoms with E-state index in [1.165, 1.54) is 11.0 Å². The highest BCUT2D eigenvalue weighted by atomic mass is 79.9. The number of rotatable bonds is 1. The highest BCUT2D eigenvalue weighted by Gasteiger charge is 2.47. The van der Waals surface area contributed by atoms with Crippen molar-refractivity contribution in [3.8, 4) is 0 Å². The van der Waals surface area contributed by atoms with Crippen molar-refractivity contribution in [2.45, 2.75) is 19.4 Å². The minimum Gasteiger partial charge on any atom is -0.295 e. The molecule has 19 heavy (non-hydrogen) atoms. The van der Waals surface area contributed by atoms with Crippen LogP contribution in [0.3, 0.4) is 0 Å². The van der Waals surface area contributed by atoms with Crippen LogP contribution in [-0.2, 0) is 4.79 Å². The molecule has 2 aliphatic heterocycles. The molecule has 2 aliphatic rings. The Morgan fingerprint density at radius 2 is 1.89 bits per heavy atom. The highest BCUT2D eigenvalue weighted by Crippen LogP contribution is 2.45. The number of Topliss-reactive ketones (excluding diaryl/α,β-unsaturated/α-hetero) is 1. The quantitative estimate of drug-likeness (QED) is 0.588. The normalized spacial score (nSPS) is 19.6. The first kappa shape index (κ1) is 12.5. The van der Waals surface area contributed by atoms with Crippen LogP contribution in [0.25, 0.3) is 5.57 Å². The van der Waals surface area contributed by atoms with Crippen molar-refractivity contribution in [2.75, 3.05) is 10.2 Å².